The molecule has 0 bridgehead atoms. The van der Waals surface area contributed by atoms with Crippen molar-refractivity contribution in [3.05, 3.63) is 63.7 Å². The summed E-state index contributed by atoms with van der Waals surface area (Å²) in [4.78, 5) is 13.0. The van der Waals surface area contributed by atoms with Gasteiger partial charge in [-0.05, 0) is 42.6 Å². The highest BCUT2D eigenvalue weighted by Crippen LogP contribution is 2.36. The van der Waals surface area contributed by atoms with Crippen LogP contribution in [0.3, 0.4) is 0 Å². The van der Waals surface area contributed by atoms with Crippen molar-refractivity contribution in [3.8, 4) is 0 Å². The fraction of sp³-hybridized carbons (Fsp3) is 0.250. The molecule has 6 nitrogen and oxygen atoms in total. The summed E-state index contributed by atoms with van der Waals surface area (Å²) >= 11 is 8.71. The van der Waals surface area contributed by atoms with E-state index in [9.17, 15) is 4.79 Å². The molecule has 1 fully saturated rings. The van der Waals surface area contributed by atoms with E-state index in [0.717, 1.165) is 35.2 Å². The van der Waals surface area contributed by atoms with Crippen molar-refractivity contribution in [3.63, 3.8) is 0 Å². The van der Waals surface area contributed by atoms with Gasteiger partial charge in [-0.3, -0.25) is 14.5 Å². The van der Waals surface area contributed by atoms with Crippen molar-refractivity contribution < 1.29 is 9.21 Å². The summed E-state index contributed by atoms with van der Waals surface area (Å²) in [6.45, 7) is 0.303. The van der Waals surface area contributed by atoms with Gasteiger partial charge in [0, 0.05) is 22.7 Å². The molecule has 3 aromatic heterocycles. The van der Waals surface area contributed by atoms with Crippen LogP contribution in [0, 0.1) is 4.77 Å². The predicted molar refractivity (Wildman–Crippen MR) is 117 cm³/mol. The SMILES string of the molecule is O=C(NCc1n[nH]c(=S)n1C1CC1)c1oc2ccccc2c1CSc1cccs1. The number of benzene rings is 1. The van der Waals surface area contributed by atoms with Crippen molar-refractivity contribution in [1.29, 1.82) is 0 Å². The lowest BCUT2D eigenvalue weighted by molar-refractivity contribution is 0.0923. The third kappa shape index (κ3) is 3.77. The molecule has 5 rings (SSSR count). The second-order valence-electron chi connectivity index (χ2n) is 6.86. The van der Waals surface area contributed by atoms with E-state index in [0.29, 0.717) is 28.9 Å². The average molecular weight is 443 g/mol. The fourth-order valence-electron chi connectivity index (χ4n) is 3.33. The normalized spacial score (nSPS) is 13.8. The molecule has 1 aliphatic carbocycles. The standard InChI is InChI=1S/C20H18N4O2S3/c25-19(21-10-16-22-23-20(27)24(16)12-7-8-12)18-14(11-29-17-6-3-9-28-17)13-4-1-2-5-15(13)26-18/h1-6,9,12H,7-8,10-11H2,(H,21,25)(H,23,27). The lowest BCUT2D eigenvalue weighted by Gasteiger charge is -2.07. The van der Waals surface area contributed by atoms with Crippen LogP contribution in [-0.2, 0) is 12.3 Å². The quantitative estimate of drug-likeness (QED) is 0.300. The molecule has 4 aromatic rings. The number of carbonyl (C=O) groups is 1. The topological polar surface area (TPSA) is 75.8 Å². The van der Waals surface area contributed by atoms with Gasteiger partial charge in [0.1, 0.15) is 5.58 Å². The molecule has 29 heavy (non-hydrogen) atoms. The Morgan fingerprint density at radius 1 is 1.34 bits per heavy atom. The molecule has 0 radical (unpaired) electrons. The number of thioether (sulfide) groups is 1. The number of rotatable bonds is 7. The van der Waals surface area contributed by atoms with Gasteiger partial charge in [-0.2, -0.15) is 5.10 Å². The number of thiophene rings is 1. The van der Waals surface area contributed by atoms with E-state index in [2.05, 4.69) is 27.0 Å². The molecular formula is C20H18N4O2S3. The molecule has 0 spiro atoms. The van der Waals surface area contributed by atoms with E-state index >= 15 is 0 Å². The number of nitrogens with zero attached hydrogens (tertiary/aromatic N) is 2. The Hall–Kier alpha value is -2.36. The van der Waals surface area contributed by atoms with Crippen LogP contribution in [0.25, 0.3) is 11.0 Å². The molecule has 3 heterocycles. The third-order valence-corrected chi connectivity index (χ3v) is 7.30. The van der Waals surface area contributed by atoms with E-state index in [1.54, 1.807) is 23.1 Å². The second kappa shape index (κ2) is 7.81. The molecule has 1 saturated carbocycles. The number of aromatic nitrogens is 3. The first-order chi connectivity index (χ1) is 14.2. The Balaban J connectivity index is 1.39. The van der Waals surface area contributed by atoms with E-state index < -0.39 is 0 Å². The van der Waals surface area contributed by atoms with Gasteiger partial charge in [-0.25, -0.2) is 0 Å². The number of amides is 1. The minimum absolute atomic E-state index is 0.237. The van der Waals surface area contributed by atoms with Crippen molar-refractivity contribution in [2.45, 2.75) is 35.4 Å². The number of hydrogen-bond acceptors (Lipinski definition) is 6. The van der Waals surface area contributed by atoms with Gasteiger partial charge in [0.15, 0.2) is 16.4 Å². The van der Waals surface area contributed by atoms with Crippen molar-refractivity contribution in [2.24, 2.45) is 0 Å². The Labute approximate surface area is 180 Å². The molecule has 2 N–H and O–H groups in total. The predicted octanol–water partition coefficient (Wildman–Crippen LogP) is 5.31. The van der Waals surface area contributed by atoms with E-state index in [1.165, 1.54) is 4.21 Å². The van der Waals surface area contributed by atoms with Crippen LogP contribution in [0.5, 0.6) is 0 Å². The molecule has 9 heteroatoms. The molecular weight excluding hydrogens is 424 g/mol. The highest BCUT2D eigenvalue weighted by atomic mass is 32.2. The van der Waals surface area contributed by atoms with Crippen LogP contribution < -0.4 is 5.32 Å². The Morgan fingerprint density at radius 3 is 3.00 bits per heavy atom. The van der Waals surface area contributed by atoms with Crippen LogP contribution in [0.1, 0.15) is 40.8 Å². The zero-order valence-electron chi connectivity index (χ0n) is 15.4. The molecule has 148 valence electrons. The lowest BCUT2D eigenvalue weighted by Crippen LogP contribution is -2.25. The van der Waals surface area contributed by atoms with Gasteiger partial charge in [-0.15, -0.1) is 23.1 Å². The summed E-state index contributed by atoms with van der Waals surface area (Å²) in [6, 6.07) is 12.3. The summed E-state index contributed by atoms with van der Waals surface area (Å²) in [5.41, 5.74) is 1.64. The smallest absolute Gasteiger partial charge is 0.287 e. The molecule has 0 unspecified atom stereocenters. The maximum Gasteiger partial charge on any atom is 0.287 e. The number of aromatic amines is 1. The van der Waals surface area contributed by atoms with Crippen LogP contribution in [0.4, 0.5) is 0 Å². The maximum absolute atomic E-state index is 13.0. The fourth-order valence-corrected chi connectivity index (χ4v) is 5.44. The molecule has 0 aliphatic heterocycles. The monoisotopic (exact) mass is 442 g/mol. The number of nitrogens with one attached hydrogen (secondary N) is 2. The highest BCUT2D eigenvalue weighted by molar-refractivity contribution is 8.00. The number of hydrogen-bond donors (Lipinski definition) is 2. The van der Waals surface area contributed by atoms with E-state index in [-0.39, 0.29) is 5.91 Å². The average Bonchev–Trinajstić information content (AvgIpc) is 3.14. The number of fused-ring (bicyclic) bond motifs is 1. The van der Waals surface area contributed by atoms with Crippen LogP contribution in [-0.4, -0.2) is 20.7 Å². The van der Waals surface area contributed by atoms with Crippen molar-refractivity contribution in [1.82, 2.24) is 20.1 Å². The highest BCUT2D eigenvalue weighted by Gasteiger charge is 2.28. The van der Waals surface area contributed by atoms with Gasteiger partial charge in [0.2, 0.25) is 0 Å². The zero-order chi connectivity index (χ0) is 19.8. The molecule has 1 amide bonds. The van der Waals surface area contributed by atoms with Crippen LogP contribution >= 0.6 is 35.3 Å². The Morgan fingerprint density at radius 2 is 2.21 bits per heavy atom. The van der Waals surface area contributed by atoms with Gasteiger partial charge in [0.05, 0.1) is 10.8 Å². The third-order valence-electron chi connectivity index (χ3n) is 4.85. The molecule has 1 aromatic carbocycles. The molecule has 0 atom stereocenters. The minimum Gasteiger partial charge on any atom is -0.451 e. The largest absolute Gasteiger partial charge is 0.451 e. The van der Waals surface area contributed by atoms with Gasteiger partial charge >= 0.3 is 0 Å². The summed E-state index contributed by atoms with van der Waals surface area (Å²) < 4.78 is 9.75. The maximum atomic E-state index is 13.0. The number of furan rings is 1. The second-order valence-corrected chi connectivity index (χ2v) is 9.47. The number of carbonyl (C=O) groups excluding carboxylic acids is 1. The van der Waals surface area contributed by atoms with E-state index in [4.69, 9.17) is 16.6 Å². The zero-order valence-corrected chi connectivity index (χ0v) is 17.8. The van der Waals surface area contributed by atoms with Gasteiger partial charge in [-0.1, -0.05) is 24.3 Å². The Kier molecular flexibility index (Phi) is 5.03. The lowest BCUT2D eigenvalue weighted by atomic mass is 10.1. The summed E-state index contributed by atoms with van der Waals surface area (Å²) in [5, 5.41) is 13.1. The van der Waals surface area contributed by atoms with Crippen LogP contribution in [0.15, 0.2) is 50.4 Å². The van der Waals surface area contributed by atoms with Gasteiger partial charge < -0.3 is 9.73 Å². The van der Waals surface area contributed by atoms with Crippen molar-refractivity contribution in [2.75, 3.05) is 0 Å². The first-order valence-electron chi connectivity index (χ1n) is 9.31. The van der Waals surface area contributed by atoms with E-state index in [1.807, 2.05) is 34.9 Å². The first-order valence-corrected chi connectivity index (χ1v) is 11.6. The van der Waals surface area contributed by atoms with Gasteiger partial charge in [0.25, 0.3) is 5.91 Å². The summed E-state index contributed by atoms with van der Waals surface area (Å²) in [5.74, 6) is 1.54. The first kappa shape index (κ1) is 18.7. The van der Waals surface area contributed by atoms with Crippen LogP contribution in [0.2, 0.25) is 0 Å². The number of H-pyrrole nitrogens is 1. The molecule has 0 saturated heterocycles. The summed E-state index contributed by atoms with van der Waals surface area (Å²) in [7, 11) is 0. The Bertz CT molecular complexity index is 1220. The minimum atomic E-state index is -0.237. The van der Waals surface area contributed by atoms with Crippen molar-refractivity contribution >= 4 is 52.2 Å². The number of para-hydroxylation sites is 1. The summed E-state index contributed by atoms with van der Waals surface area (Å²) in [6.07, 6.45) is 2.20. The molecule has 1 aliphatic rings.